The van der Waals surface area contributed by atoms with Crippen molar-refractivity contribution in [3.8, 4) is 0 Å². The predicted octanol–water partition coefficient (Wildman–Crippen LogP) is -2.62. The summed E-state index contributed by atoms with van der Waals surface area (Å²) >= 11 is 0. The zero-order valence-corrected chi connectivity index (χ0v) is 5.10. The Hall–Kier alpha value is -0.625. The van der Waals surface area contributed by atoms with Gasteiger partial charge in [-0.15, -0.1) is 0 Å². The normalized spacial score (nSPS) is 12.7. The second kappa shape index (κ2) is 4.23. The van der Waals surface area contributed by atoms with E-state index in [2.05, 4.69) is 4.65 Å². The maximum atomic E-state index is 9.94. The molecule has 0 amide bonds. The Morgan fingerprint density at radius 2 is 2.20 bits per heavy atom. The Balaban J connectivity index is 3.40. The lowest BCUT2D eigenvalue weighted by Crippen LogP contribution is -2.37. The van der Waals surface area contributed by atoms with Gasteiger partial charge >= 0.3 is 13.3 Å². The van der Waals surface area contributed by atoms with Crippen molar-refractivity contribution in [1.82, 2.24) is 0 Å². The van der Waals surface area contributed by atoms with E-state index in [1.807, 2.05) is 0 Å². The predicted molar refractivity (Wildman–Crippen MR) is 31.8 cm³/mol. The van der Waals surface area contributed by atoms with E-state index in [4.69, 9.17) is 20.9 Å². The van der Waals surface area contributed by atoms with E-state index in [1.165, 1.54) is 0 Å². The molecule has 58 valence electrons. The maximum absolute atomic E-state index is 9.94. The molecule has 0 aliphatic rings. The summed E-state index contributed by atoms with van der Waals surface area (Å²) in [6.45, 7) is -0.424. The fourth-order valence-corrected chi connectivity index (χ4v) is 0.261. The summed E-state index contributed by atoms with van der Waals surface area (Å²) in [7, 11) is -1.97. The second-order valence-corrected chi connectivity index (χ2v) is 1.60. The quantitative estimate of drug-likeness (QED) is 0.325. The zero-order chi connectivity index (χ0) is 8.15. The third-order valence-electron chi connectivity index (χ3n) is 0.742. The number of aliphatic carboxylic acids is 1. The molecule has 10 heavy (non-hydrogen) atoms. The molecule has 0 spiro atoms. The number of carbonyl (C=O) groups is 1. The van der Waals surface area contributed by atoms with Gasteiger partial charge in [0.05, 0.1) is 6.61 Å². The van der Waals surface area contributed by atoms with Crippen molar-refractivity contribution >= 4 is 13.3 Å². The van der Waals surface area contributed by atoms with Crippen LogP contribution in [0.4, 0.5) is 0 Å². The van der Waals surface area contributed by atoms with Crippen LogP contribution < -0.4 is 5.73 Å². The Morgan fingerprint density at radius 1 is 1.70 bits per heavy atom. The molecule has 0 aromatic carbocycles. The van der Waals surface area contributed by atoms with Crippen LogP contribution in [0.25, 0.3) is 0 Å². The maximum Gasteiger partial charge on any atom is 0.633 e. The highest BCUT2D eigenvalue weighted by molar-refractivity contribution is 6.32. The first-order valence-corrected chi connectivity index (χ1v) is 2.50. The summed E-state index contributed by atoms with van der Waals surface area (Å²) < 4.78 is 4.07. The number of carboxylic acid groups (broad SMARTS) is 1. The van der Waals surface area contributed by atoms with Gasteiger partial charge in [-0.3, -0.25) is 4.79 Å². The molecule has 0 heterocycles. The minimum Gasteiger partial charge on any atom is -0.480 e. The largest absolute Gasteiger partial charge is 0.633 e. The lowest BCUT2D eigenvalue weighted by molar-refractivity contribution is -0.139. The summed E-state index contributed by atoms with van der Waals surface area (Å²) in [6, 6.07) is -1.22. The fraction of sp³-hybridized carbons (Fsp3) is 0.667. The van der Waals surface area contributed by atoms with Gasteiger partial charge in [0.15, 0.2) is 0 Å². The molecule has 1 atom stereocenters. The Bertz CT molecular complexity index is 117. The van der Waals surface area contributed by atoms with Crippen LogP contribution in [0.15, 0.2) is 0 Å². The van der Waals surface area contributed by atoms with Gasteiger partial charge in [0.25, 0.3) is 0 Å². The number of rotatable bonds is 4. The van der Waals surface area contributed by atoms with Gasteiger partial charge < -0.3 is 25.5 Å². The molecule has 0 aromatic heterocycles. The molecule has 1 unspecified atom stereocenters. The van der Waals surface area contributed by atoms with Gasteiger partial charge in [-0.1, -0.05) is 0 Å². The van der Waals surface area contributed by atoms with Crippen LogP contribution in [0.1, 0.15) is 0 Å². The van der Waals surface area contributed by atoms with Crippen molar-refractivity contribution in [2.24, 2.45) is 5.73 Å². The molecule has 0 fully saturated rings. The highest BCUT2D eigenvalue weighted by Crippen LogP contribution is 1.82. The number of carboxylic acids is 1. The number of nitrogens with two attached hydrogens (primary N) is 1. The molecule has 6 nitrogen and oxygen atoms in total. The van der Waals surface area contributed by atoms with Crippen molar-refractivity contribution in [1.29, 1.82) is 0 Å². The molecule has 0 rings (SSSR count). The van der Waals surface area contributed by atoms with Gasteiger partial charge in [-0.2, -0.15) is 0 Å². The monoisotopic (exact) mass is 149 g/mol. The first-order valence-electron chi connectivity index (χ1n) is 2.50. The van der Waals surface area contributed by atoms with Crippen molar-refractivity contribution in [3.05, 3.63) is 0 Å². The summed E-state index contributed by atoms with van der Waals surface area (Å²) in [6.07, 6.45) is 0. The van der Waals surface area contributed by atoms with Gasteiger partial charge in [0.1, 0.15) is 6.04 Å². The third-order valence-corrected chi connectivity index (χ3v) is 0.742. The molecule has 0 aromatic rings. The average Bonchev–Trinajstić information content (AvgIpc) is 1.82. The first kappa shape index (κ1) is 9.37. The number of hydrogen-bond donors (Lipinski definition) is 4. The summed E-state index contributed by atoms with van der Waals surface area (Å²) in [5, 5.41) is 24.3. The molecular weight excluding hydrogens is 141 g/mol. The number of hydrogen-bond acceptors (Lipinski definition) is 5. The van der Waals surface area contributed by atoms with Crippen LogP contribution in [0, 0.1) is 0 Å². The smallest absolute Gasteiger partial charge is 0.480 e. The van der Waals surface area contributed by atoms with E-state index in [1.54, 1.807) is 0 Å². The van der Waals surface area contributed by atoms with Crippen LogP contribution in [0.3, 0.4) is 0 Å². The molecule has 0 aliphatic heterocycles. The molecule has 0 saturated carbocycles. The van der Waals surface area contributed by atoms with Crippen molar-refractivity contribution in [2.45, 2.75) is 6.04 Å². The summed E-state index contributed by atoms with van der Waals surface area (Å²) in [5.41, 5.74) is 4.92. The van der Waals surface area contributed by atoms with Gasteiger partial charge in [-0.05, 0) is 0 Å². The molecule has 0 saturated heterocycles. The highest BCUT2D eigenvalue weighted by atomic mass is 16.6. The average molecular weight is 149 g/mol. The standard InChI is InChI=1S/C3H8BNO5/c5-2(3(6)7)1-10-4(8)9/h2,8-9H,1,5H2,(H,6,7). The van der Waals surface area contributed by atoms with Crippen molar-refractivity contribution in [2.75, 3.05) is 6.61 Å². The van der Waals surface area contributed by atoms with Crippen molar-refractivity contribution in [3.63, 3.8) is 0 Å². The van der Waals surface area contributed by atoms with Gasteiger partial charge in [-0.25, -0.2) is 0 Å². The summed E-state index contributed by atoms with van der Waals surface area (Å²) in [5.74, 6) is -1.25. The van der Waals surface area contributed by atoms with Crippen LogP contribution in [-0.4, -0.2) is 41.1 Å². The second-order valence-electron chi connectivity index (χ2n) is 1.60. The fourth-order valence-electron chi connectivity index (χ4n) is 0.261. The summed E-state index contributed by atoms with van der Waals surface area (Å²) in [4.78, 5) is 9.94. The van der Waals surface area contributed by atoms with E-state index in [0.717, 1.165) is 0 Å². The first-order chi connectivity index (χ1) is 4.54. The van der Waals surface area contributed by atoms with Crippen LogP contribution >= 0.6 is 0 Å². The molecule has 0 radical (unpaired) electrons. The molecule has 5 N–H and O–H groups in total. The van der Waals surface area contributed by atoms with Crippen molar-refractivity contribution < 1.29 is 24.6 Å². The third kappa shape index (κ3) is 4.27. The molecular formula is C3H8BNO5. The lowest BCUT2D eigenvalue weighted by atomic mass is 10.2. The Labute approximate surface area is 57.4 Å². The highest BCUT2D eigenvalue weighted by Gasteiger charge is 2.15. The van der Waals surface area contributed by atoms with Crippen LogP contribution in [0.5, 0.6) is 0 Å². The minimum atomic E-state index is -1.97. The SMILES string of the molecule is NC(COB(O)O)C(=O)O. The van der Waals surface area contributed by atoms with Crippen LogP contribution in [-0.2, 0) is 9.45 Å². The van der Waals surface area contributed by atoms with Gasteiger partial charge in [0.2, 0.25) is 0 Å². The van der Waals surface area contributed by atoms with E-state index in [-0.39, 0.29) is 0 Å². The molecule has 0 aliphatic carbocycles. The topological polar surface area (TPSA) is 113 Å². The molecule has 0 bridgehead atoms. The van der Waals surface area contributed by atoms with Gasteiger partial charge in [0, 0.05) is 0 Å². The Morgan fingerprint density at radius 3 is 2.50 bits per heavy atom. The minimum absolute atomic E-state index is 0.424. The lowest BCUT2D eigenvalue weighted by Gasteiger charge is -2.05. The van der Waals surface area contributed by atoms with E-state index >= 15 is 0 Å². The molecule has 7 heteroatoms. The Kier molecular flexibility index (Phi) is 3.97. The van der Waals surface area contributed by atoms with E-state index in [9.17, 15) is 4.79 Å². The van der Waals surface area contributed by atoms with E-state index < -0.39 is 25.9 Å². The zero-order valence-electron chi connectivity index (χ0n) is 5.10. The van der Waals surface area contributed by atoms with Crippen LogP contribution in [0.2, 0.25) is 0 Å². The van der Waals surface area contributed by atoms with E-state index in [0.29, 0.717) is 0 Å².